The first kappa shape index (κ1) is 11.8. The Labute approximate surface area is 104 Å². The molecule has 2 aliphatic rings. The van der Waals surface area contributed by atoms with Crippen LogP contribution in [0.25, 0.3) is 0 Å². The van der Waals surface area contributed by atoms with Crippen molar-refractivity contribution in [2.24, 2.45) is 0 Å². The number of halogens is 3. The van der Waals surface area contributed by atoms with Crippen LogP contribution in [0.4, 0.5) is 18.9 Å². The molecule has 0 aromatic heterocycles. The van der Waals surface area contributed by atoms with Crippen molar-refractivity contribution >= 4 is 5.69 Å². The number of nitrogens with zero attached hydrogens (tertiary/aromatic N) is 1. The van der Waals surface area contributed by atoms with E-state index in [1.807, 2.05) is 0 Å². The maximum Gasteiger partial charge on any atom is 0.416 e. The molecule has 0 spiro atoms. The Morgan fingerprint density at radius 3 is 2.39 bits per heavy atom. The van der Waals surface area contributed by atoms with Gasteiger partial charge in [-0.1, -0.05) is 6.07 Å². The summed E-state index contributed by atoms with van der Waals surface area (Å²) in [6.07, 6.45) is -2.01. The number of nitrogens with one attached hydrogen (secondary N) is 1. The van der Waals surface area contributed by atoms with Crippen molar-refractivity contribution < 1.29 is 13.2 Å². The zero-order valence-corrected chi connectivity index (χ0v) is 9.87. The number of alkyl halides is 3. The van der Waals surface area contributed by atoms with Crippen LogP contribution >= 0.6 is 0 Å². The molecule has 2 saturated heterocycles. The van der Waals surface area contributed by atoms with Gasteiger partial charge in [-0.05, 0) is 31.0 Å². The third-order valence-corrected chi connectivity index (χ3v) is 3.76. The highest BCUT2D eigenvalue weighted by Gasteiger charge is 2.34. The lowest BCUT2D eigenvalue weighted by Gasteiger charge is -2.34. The maximum atomic E-state index is 12.7. The van der Waals surface area contributed by atoms with Gasteiger partial charge in [0.2, 0.25) is 0 Å². The second kappa shape index (κ2) is 4.16. The lowest BCUT2D eigenvalue weighted by Crippen LogP contribution is -2.51. The third kappa shape index (κ3) is 2.19. The van der Waals surface area contributed by atoms with Crippen molar-refractivity contribution in [3.05, 3.63) is 29.8 Å². The number of anilines is 1. The van der Waals surface area contributed by atoms with Gasteiger partial charge in [0.05, 0.1) is 5.56 Å². The summed E-state index contributed by atoms with van der Waals surface area (Å²) in [6.45, 7) is 1.61. The molecule has 1 aromatic carbocycles. The molecule has 0 amide bonds. The van der Waals surface area contributed by atoms with Gasteiger partial charge in [-0.25, -0.2) is 0 Å². The molecule has 2 nitrogen and oxygen atoms in total. The fourth-order valence-corrected chi connectivity index (χ4v) is 2.89. The summed E-state index contributed by atoms with van der Waals surface area (Å²) in [7, 11) is 0. The van der Waals surface area contributed by atoms with E-state index in [0.29, 0.717) is 17.8 Å². The van der Waals surface area contributed by atoms with E-state index in [2.05, 4.69) is 10.2 Å². The summed E-state index contributed by atoms with van der Waals surface area (Å²) in [4.78, 5) is 2.06. The van der Waals surface area contributed by atoms with Gasteiger partial charge in [0.1, 0.15) is 0 Å². The van der Waals surface area contributed by atoms with Crippen LogP contribution < -0.4 is 10.2 Å². The van der Waals surface area contributed by atoms with E-state index in [9.17, 15) is 13.2 Å². The van der Waals surface area contributed by atoms with Crippen LogP contribution in [0.5, 0.6) is 0 Å². The topological polar surface area (TPSA) is 15.3 Å². The van der Waals surface area contributed by atoms with Crippen molar-refractivity contribution in [3.8, 4) is 0 Å². The number of piperazine rings is 1. The Bertz CT molecular complexity index is 432. The largest absolute Gasteiger partial charge is 0.416 e. The van der Waals surface area contributed by atoms with Gasteiger partial charge in [-0.15, -0.1) is 0 Å². The van der Waals surface area contributed by atoms with Gasteiger partial charge in [0, 0.05) is 30.9 Å². The summed E-state index contributed by atoms with van der Waals surface area (Å²) < 4.78 is 38.0. The molecule has 2 aliphatic heterocycles. The predicted octanol–water partition coefficient (Wildman–Crippen LogP) is 2.65. The molecule has 18 heavy (non-hydrogen) atoms. The lowest BCUT2D eigenvalue weighted by atomic mass is 10.1. The monoisotopic (exact) mass is 256 g/mol. The highest BCUT2D eigenvalue weighted by atomic mass is 19.4. The molecule has 2 fully saturated rings. The lowest BCUT2D eigenvalue weighted by molar-refractivity contribution is -0.137. The van der Waals surface area contributed by atoms with E-state index in [4.69, 9.17) is 0 Å². The van der Waals surface area contributed by atoms with Crippen LogP contribution in [0.1, 0.15) is 18.4 Å². The molecule has 0 radical (unpaired) electrons. The van der Waals surface area contributed by atoms with E-state index >= 15 is 0 Å². The second-order valence-corrected chi connectivity index (χ2v) is 5.09. The maximum absolute atomic E-state index is 12.7. The van der Waals surface area contributed by atoms with Crippen molar-refractivity contribution in [3.63, 3.8) is 0 Å². The summed E-state index contributed by atoms with van der Waals surface area (Å²) >= 11 is 0. The predicted molar refractivity (Wildman–Crippen MR) is 63.6 cm³/mol. The standard InChI is InChI=1S/C13H15F3N2/c14-13(15,16)9-2-1-3-12(6-9)18-7-10-4-5-11(8-18)17-10/h1-3,6,10-11,17H,4-5,7-8H2. The summed E-state index contributed by atoms with van der Waals surface area (Å²) in [5.41, 5.74) is 0.120. The van der Waals surface area contributed by atoms with E-state index < -0.39 is 11.7 Å². The average Bonchev–Trinajstić information content (AvgIpc) is 2.67. The summed E-state index contributed by atoms with van der Waals surface area (Å²) in [5.74, 6) is 0. The van der Waals surface area contributed by atoms with E-state index in [1.165, 1.54) is 12.1 Å². The van der Waals surface area contributed by atoms with Gasteiger partial charge in [-0.3, -0.25) is 0 Å². The van der Waals surface area contributed by atoms with Crippen molar-refractivity contribution in [1.29, 1.82) is 0 Å². The van der Waals surface area contributed by atoms with E-state index in [-0.39, 0.29) is 0 Å². The van der Waals surface area contributed by atoms with Crippen LogP contribution in [0, 0.1) is 0 Å². The second-order valence-electron chi connectivity index (χ2n) is 5.09. The van der Waals surface area contributed by atoms with E-state index in [0.717, 1.165) is 32.0 Å². The first-order chi connectivity index (χ1) is 8.52. The van der Waals surface area contributed by atoms with Crippen LogP contribution in [-0.2, 0) is 6.18 Å². The van der Waals surface area contributed by atoms with Gasteiger partial charge in [0.25, 0.3) is 0 Å². The molecule has 2 bridgehead atoms. The fraction of sp³-hybridized carbons (Fsp3) is 0.538. The minimum atomic E-state index is -4.26. The Morgan fingerprint density at radius 1 is 1.11 bits per heavy atom. The van der Waals surface area contributed by atoms with Crippen molar-refractivity contribution in [2.45, 2.75) is 31.1 Å². The number of benzene rings is 1. The molecule has 0 saturated carbocycles. The minimum absolute atomic E-state index is 0.429. The highest BCUT2D eigenvalue weighted by molar-refractivity contribution is 5.50. The number of hydrogen-bond acceptors (Lipinski definition) is 2. The highest BCUT2D eigenvalue weighted by Crippen LogP contribution is 2.33. The molecule has 2 heterocycles. The Morgan fingerprint density at radius 2 is 1.78 bits per heavy atom. The summed E-state index contributed by atoms with van der Waals surface area (Å²) in [6, 6.07) is 6.49. The van der Waals surface area contributed by atoms with Gasteiger partial charge in [-0.2, -0.15) is 13.2 Å². The molecule has 2 unspecified atom stereocenters. The van der Waals surface area contributed by atoms with Gasteiger partial charge >= 0.3 is 6.18 Å². The van der Waals surface area contributed by atoms with Crippen LogP contribution in [0.2, 0.25) is 0 Å². The molecule has 3 rings (SSSR count). The molecule has 2 atom stereocenters. The normalized spacial score (nSPS) is 27.6. The number of fused-ring (bicyclic) bond motifs is 2. The fourth-order valence-electron chi connectivity index (χ4n) is 2.89. The van der Waals surface area contributed by atoms with Crippen molar-refractivity contribution in [2.75, 3.05) is 18.0 Å². The third-order valence-electron chi connectivity index (χ3n) is 3.76. The van der Waals surface area contributed by atoms with Crippen LogP contribution in [0.15, 0.2) is 24.3 Å². The van der Waals surface area contributed by atoms with Crippen LogP contribution in [0.3, 0.4) is 0 Å². The van der Waals surface area contributed by atoms with Gasteiger partial charge < -0.3 is 10.2 Å². The first-order valence-electron chi connectivity index (χ1n) is 6.20. The Kier molecular flexibility index (Phi) is 2.73. The Hall–Kier alpha value is -1.23. The van der Waals surface area contributed by atoms with Gasteiger partial charge in [0.15, 0.2) is 0 Å². The first-order valence-corrected chi connectivity index (χ1v) is 6.20. The minimum Gasteiger partial charge on any atom is -0.368 e. The number of hydrogen-bond donors (Lipinski definition) is 1. The molecule has 1 N–H and O–H groups in total. The zero-order chi connectivity index (χ0) is 12.8. The smallest absolute Gasteiger partial charge is 0.368 e. The molecule has 0 aliphatic carbocycles. The zero-order valence-electron chi connectivity index (χ0n) is 9.87. The SMILES string of the molecule is FC(F)(F)c1cccc(N2CC3CCC(C2)N3)c1. The van der Waals surface area contributed by atoms with Crippen molar-refractivity contribution in [1.82, 2.24) is 5.32 Å². The quantitative estimate of drug-likeness (QED) is 0.831. The molecule has 5 heteroatoms. The van der Waals surface area contributed by atoms with Crippen LogP contribution in [-0.4, -0.2) is 25.2 Å². The number of rotatable bonds is 1. The Balaban J connectivity index is 1.84. The average molecular weight is 256 g/mol. The molecular weight excluding hydrogens is 241 g/mol. The summed E-state index contributed by atoms with van der Waals surface area (Å²) in [5, 5.41) is 3.47. The van der Waals surface area contributed by atoms with E-state index in [1.54, 1.807) is 6.07 Å². The molecule has 1 aromatic rings. The molecular formula is C13H15F3N2. The molecule has 98 valence electrons.